The molecule has 2 aromatic rings. The van der Waals surface area contributed by atoms with Crippen molar-refractivity contribution in [1.29, 1.82) is 0 Å². The number of alkyl halides is 2. The first-order valence-electron chi connectivity index (χ1n) is 10.2. The molecule has 0 radical (unpaired) electrons. The fraction of sp³-hybridized carbons (Fsp3) is 0.364. The van der Waals surface area contributed by atoms with Gasteiger partial charge < -0.3 is 15.4 Å². The van der Waals surface area contributed by atoms with Crippen LogP contribution in [0.25, 0.3) is 0 Å². The molecule has 2 fully saturated rings. The molecule has 1 aliphatic heterocycles. The molecule has 2 amide bonds. The molecule has 0 unspecified atom stereocenters. The number of amides is 2. The van der Waals surface area contributed by atoms with E-state index in [1.807, 2.05) is 4.90 Å². The molecule has 0 aromatic heterocycles. The van der Waals surface area contributed by atoms with E-state index in [-0.39, 0.29) is 18.1 Å². The van der Waals surface area contributed by atoms with Crippen LogP contribution < -0.4 is 10.6 Å². The summed E-state index contributed by atoms with van der Waals surface area (Å²) in [5.74, 6) is -2.70. The molecular formula is C22H20Cl4FN3O3. The van der Waals surface area contributed by atoms with Crippen LogP contribution in [0.15, 0.2) is 36.4 Å². The lowest BCUT2D eigenvalue weighted by molar-refractivity contribution is -0.118. The summed E-state index contributed by atoms with van der Waals surface area (Å²) in [4.78, 5) is 27.1. The van der Waals surface area contributed by atoms with Crippen molar-refractivity contribution in [2.24, 2.45) is 5.92 Å². The van der Waals surface area contributed by atoms with Crippen molar-refractivity contribution in [3.63, 3.8) is 0 Å². The number of rotatable bonds is 6. The Labute approximate surface area is 210 Å². The largest absolute Gasteiger partial charge is 0.379 e. The number of morpholine rings is 1. The minimum absolute atomic E-state index is 0.0389. The Kier molecular flexibility index (Phi) is 7.38. The predicted octanol–water partition coefficient (Wildman–Crippen LogP) is 4.93. The maximum atomic E-state index is 14.3. The normalized spacial score (nSPS) is 22.0. The molecule has 2 N–H and O–H groups in total. The van der Waals surface area contributed by atoms with Gasteiger partial charge in [-0.05, 0) is 42.0 Å². The Morgan fingerprint density at radius 3 is 2.39 bits per heavy atom. The lowest BCUT2D eigenvalue weighted by atomic mass is 10.1. The van der Waals surface area contributed by atoms with Gasteiger partial charge in [0.05, 0.1) is 31.4 Å². The van der Waals surface area contributed by atoms with Gasteiger partial charge in [0.25, 0.3) is 0 Å². The smallest absolute Gasteiger partial charge is 0.238 e. The van der Waals surface area contributed by atoms with Gasteiger partial charge in [-0.25, -0.2) is 4.39 Å². The summed E-state index contributed by atoms with van der Waals surface area (Å²) in [5, 5.41) is 6.05. The van der Waals surface area contributed by atoms with E-state index in [9.17, 15) is 14.0 Å². The quantitative estimate of drug-likeness (QED) is 0.515. The maximum absolute atomic E-state index is 14.3. The van der Waals surface area contributed by atoms with Crippen LogP contribution in [0.4, 0.5) is 15.8 Å². The van der Waals surface area contributed by atoms with E-state index in [2.05, 4.69) is 10.6 Å². The standard InChI is InChI=1S/C22H20Cl4FN3O3/c23-13-7-12(8-14(24)9-13)19-20(22(19,25)26)21(32)28-15-1-2-16(27)17(10-15)29-18(31)11-30-3-5-33-6-4-30/h1-2,7-10,19-20H,3-6,11H2,(H,28,32)(H,29,31)/t19-,20+/m0/s1. The second-order valence-electron chi connectivity index (χ2n) is 7.95. The van der Waals surface area contributed by atoms with E-state index in [1.54, 1.807) is 18.2 Å². The van der Waals surface area contributed by atoms with Crippen LogP contribution in [-0.2, 0) is 14.3 Å². The Hall–Kier alpha value is -1.61. The zero-order chi connectivity index (χ0) is 23.8. The number of benzene rings is 2. The Bertz CT molecular complexity index is 1060. The van der Waals surface area contributed by atoms with Gasteiger partial charge >= 0.3 is 0 Å². The van der Waals surface area contributed by atoms with E-state index < -0.39 is 27.9 Å². The number of hydrogen-bond acceptors (Lipinski definition) is 4. The fourth-order valence-corrected chi connectivity index (χ4v) is 5.26. The van der Waals surface area contributed by atoms with Gasteiger partial charge in [0.1, 0.15) is 10.2 Å². The fourth-order valence-electron chi connectivity index (χ4n) is 3.89. The zero-order valence-electron chi connectivity index (χ0n) is 17.2. The molecule has 6 nitrogen and oxygen atoms in total. The number of anilines is 2. The first-order valence-corrected chi connectivity index (χ1v) is 11.7. The lowest BCUT2D eigenvalue weighted by Crippen LogP contribution is -2.41. The van der Waals surface area contributed by atoms with Gasteiger partial charge in [0.15, 0.2) is 0 Å². The van der Waals surface area contributed by atoms with Crippen LogP contribution in [0.3, 0.4) is 0 Å². The minimum Gasteiger partial charge on any atom is -0.379 e. The van der Waals surface area contributed by atoms with Crippen LogP contribution >= 0.6 is 46.4 Å². The summed E-state index contributed by atoms with van der Waals surface area (Å²) in [5.41, 5.74) is 0.901. The summed E-state index contributed by atoms with van der Waals surface area (Å²) in [6.45, 7) is 2.48. The second-order valence-corrected chi connectivity index (χ2v) is 10.3. The second kappa shape index (κ2) is 9.94. The monoisotopic (exact) mass is 533 g/mol. The molecule has 176 valence electrons. The number of nitrogens with zero attached hydrogens (tertiary/aromatic N) is 1. The number of carbonyl (C=O) groups excluding carboxylic acids is 2. The topological polar surface area (TPSA) is 70.7 Å². The number of hydrogen-bond donors (Lipinski definition) is 2. The number of carbonyl (C=O) groups is 2. The van der Waals surface area contributed by atoms with Crippen LogP contribution in [0.5, 0.6) is 0 Å². The SMILES string of the molecule is O=C(CN1CCOCC1)Nc1cc(NC(=O)[C@H]2[C@H](c3cc(Cl)cc(Cl)c3)C2(Cl)Cl)ccc1F. The molecule has 1 heterocycles. The lowest BCUT2D eigenvalue weighted by Gasteiger charge is -2.25. The van der Waals surface area contributed by atoms with Crippen molar-refractivity contribution >= 4 is 69.6 Å². The molecule has 4 rings (SSSR count). The number of nitrogens with one attached hydrogen (secondary N) is 2. The Morgan fingerprint density at radius 1 is 1.06 bits per heavy atom. The third-order valence-electron chi connectivity index (χ3n) is 5.56. The highest BCUT2D eigenvalue weighted by Gasteiger charge is 2.67. The van der Waals surface area contributed by atoms with E-state index in [4.69, 9.17) is 51.1 Å². The molecule has 11 heteroatoms. The molecule has 2 atom stereocenters. The third kappa shape index (κ3) is 5.73. The third-order valence-corrected chi connectivity index (χ3v) is 6.94. The first-order chi connectivity index (χ1) is 15.6. The number of halogens is 5. The van der Waals surface area contributed by atoms with E-state index >= 15 is 0 Å². The summed E-state index contributed by atoms with van der Waals surface area (Å²) < 4.78 is 18.2. The number of ether oxygens (including phenoxy) is 1. The summed E-state index contributed by atoms with van der Waals surface area (Å²) in [7, 11) is 0. The Morgan fingerprint density at radius 2 is 1.73 bits per heavy atom. The minimum atomic E-state index is -1.34. The van der Waals surface area contributed by atoms with Crippen molar-refractivity contribution in [3.8, 4) is 0 Å². The highest BCUT2D eigenvalue weighted by atomic mass is 35.5. The molecule has 33 heavy (non-hydrogen) atoms. The van der Waals surface area contributed by atoms with Gasteiger partial charge in [0, 0.05) is 34.7 Å². The van der Waals surface area contributed by atoms with Crippen molar-refractivity contribution in [1.82, 2.24) is 4.90 Å². The molecule has 1 aliphatic carbocycles. The van der Waals surface area contributed by atoms with Crippen molar-refractivity contribution in [3.05, 3.63) is 57.8 Å². The van der Waals surface area contributed by atoms with Gasteiger partial charge in [-0.3, -0.25) is 14.5 Å². The molecule has 2 aromatic carbocycles. The van der Waals surface area contributed by atoms with Gasteiger partial charge in [-0.2, -0.15) is 0 Å². The molecule has 1 saturated carbocycles. The zero-order valence-corrected chi connectivity index (χ0v) is 20.2. The van der Waals surface area contributed by atoms with Crippen LogP contribution in [-0.4, -0.2) is 53.9 Å². The van der Waals surface area contributed by atoms with Crippen molar-refractivity contribution in [2.45, 2.75) is 10.3 Å². The van der Waals surface area contributed by atoms with Crippen LogP contribution in [0.1, 0.15) is 11.5 Å². The van der Waals surface area contributed by atoms with Gasteiger partial charge in [0.2, 0.25) is 11.8 Å². The average molecular weight is 535 g/mol. The van der Waals surface area contributed by atoms with Crippen molar-refractivity contribution < 1.29 is 18.7 Å². The first kappa shape index (κ1) is 24.5. The van der Waals surface area contributed by atoms with Gasteiger partial charge in [-0.15, -0.1) is 23.2 Å². The average Bonchev–Trinajstić information content (AvgIpc) is 3.32. The summed E-state index contributed by atoms with van der Waals surface area (Å²) in [6, 6.07) is 8.79. The van der Waals surface area contributed by atoms with Crippen LogP contribution in [0, 0.1) is 11.7 Å². The highest BCUT2D eigenvalue weighted by molar-refractivity contribution is 6.53. The molecule has 1 saturated heterocycles. The van der Waals surface area contributed by atoms with E-state index in [0.29, 0.717) is 47.6 Å². The summed E-state index contributed by atoms with van der Waals surface area (Å²) in [6.07, 6.45) is 0. The van der Waals surface area contributed by atoms with Gasteiger partial charge in [-0.1, -0.05) is 23.2 Å². The van der Waals surface area contributed by atoms with E-state index in [0.717, 1.165) is 6.07 Å². The molecular weight excluding hydrogens is 515 g/mol. The van der Waals surface area contributed by atoms with Crippen molar-refractivity contribution in [2.75, 3.05) is 43.5 Å². The maximum Gasteiger partial charge on any atom is 0.238 e. The highest BCUT2D eigenvalue weighted by Crippen LogP contribution is 2.65. The Balaban J connectivity index is 1.42. The van der Waals surface area contributed by atoms with Crippen LogP contribution in [0.2, 0.25) is 10.0 Å². The predicted molar refractivity (Wildman–Crippen MR) is 128 cm³/mol. The molecule has 0 spiro atoms. The molecule has 2 aliphatic rings. The van der Waals surface area contributed by atoms with E-state index in [1.165, 1.54) is 12.1 Å². The molecule has 0 bridgehead atoms. The summed E-state index contributed by atoms with van der Waals surface area (Å²) >= 11 is 24.9.